The first-order valence-corrected chi connectivity index (χ1v) is 11.5. The number of fused-ring (bicyclic) bond motifs is 1. The molecule has 3 aromatic rings. The summed E-state index contributed by atoms with van der Waals surface area (Å²) in [6.07, 6.45) is 2.81. The molecule has 1 saturated heterocycles. The lowest BCUT2D eigenvalue weighted by atomic mass is 10.1. The summed E-state index contributed by atoms with van der Waals surface area (Å²) in [5, 5.41) is 3.30. The fraction of sp³-hybridized carbons (Fsp3) is 0.300. The highest BCUT2D eigenvalue weighted by molar-refractivity contribution is 7.89. The van der Waals surface area contributed by atoms with Gasteiger partial charge in [0.05, 0.1) is 15.1 Å². The Morgan fingerprint density at radius 2 is 1.89 bits per heavy atom. The lowest BCUT2D eigenvalue weighted by Crippen LogP contribution is -2.41. The molecule has 6 nitrogen and oxygen atoms in total. The van der Waals surface area contributed by atoms with Crippen LogP contribution in [0.1, 0.15) is 36.5 Å². The van der Waals surface area contributed by atoms with Gasteiger partial charge in [-0.1, -0.05) is 29.9 Å². The lowest BCUT2D eigenvalue weighted by molar-refractivity contribution is 0.102. The zero-order chi connectivity index (χ0) is 19.7. The molecule has 4 rings (SSSR count). The average molecular weight is 416 g/mol. The van der Waals surface area contributed by atoms with Crippen molar-refractivity contribution >= 4 is 42.6 Å². The van der Waals surface area contributed by atoms with Crippen molar-refractivity contribution in [3.05, 3.63) is 54.1 Å². The number of amides is 1. The third-order valence-electron chi connectivity index (χ3n) is 4.98. The van der Waals surface area contributed by atoms with Crippen molar-refractivity contribution < 1.29 is 13.2 Å². The van der Waals surface area contributed by atoms with Crippen LogP contribution in [0.25, 0.3) is 10.2 Å². The van der Waals surface area contributed by atoms with Gasteiger partial charge in [-0.15, -0.1) is 0 Å². The molecule has 2 heterocycles. The van der Waals surface area contributed by atoms with Crippen molar-refractivity contribution in [3.63, 3.8) is 0 Å². The minimum atomic E-state index is -3.54. The SMILES string of the molecule is CC1CCCCN1S(=O)(=O)c1ccc(C(=O)Nc2nc3ccccc3s2)cc1. The van der Waals surface area contributed by atoms with E-state index in [0.29, 0.717) is 17.2 Å². The Labute approximate surface area is 168 Å². The average Bonchev–Trinajstić information content (AvgIpc) is 3.10. The molecule has 1 amide bonds. The fourth-order valence-electron chi connectivity index (χ4n) is 3.44. The van der Waals surface area contributed by atoms with Gasteiger partial charge in [-0.3, -0.25) is 10.1 Å². The summed E-state index contributed by atoms with van der Waals surface area (Å²) in [6.45, 7) is 2.49. The van der Waals surface area contributed by atoms with Crippen LogP contribution in [-0.4, -0.2) is 36.2 Å². The molecule has 1 N–H and O–H groups in total. The van der Waals surface area contributed by atoms with Crippen molar-refractivity contribution in [2.45, 2.75) is 37.1 Å². The maximum absolute atomic E-state index is 12.9. The minimum Gasteiger partial charge on any atom is -0.298 e. The van der Waals surface area contributed by atoms with Crippen molar-refractivity contribution in [1.82, 2.24) is 9.29 Å². The number of carbonyl (C=O) groups is 1. The number of benzene rings is 2. The number of anilines is 1. The van der Waals surface area contributed by atoms with Crippen molar-refractivity contribution in [1.29, 1.82) is 0 Å². The summed E-state index contributed by atoms with van der Waals surface area (Å²) >= 11 is 1.40. The zero-order valence-corrected chi connectivity index (χ0v) is 17.1. The van der Waals surface area contributed by atoms with Crippen LogP contribution in [0.3, 0.4) is 0 Å². The number of aromatic nitrogens is 1. The third-order valence-corrected chi connectivity index (χ3v) is 7.96. The molecule has 8 heteroatoms. The first-order chi connectivity index (χ1) is 13.4. The first kappa shape index (κ1) is 19.0. The molecule has 1 atom stereocenters. The van der Waals surface area contributed by atoms with Gasteiger partial charge in [0.1, 0.15) is 0 Å². The quantitative estimate of drug-likeness (QED) is 0.695. The number of thiazole rings is 1. The second kappa shape index (κ2) is 7.62. The lowest BCUT2D eigenvalue weighted by Gasteiger charge is -2.32. The minimum absolute atomic E-state index is 0.000704. The van der Waals surface area contributed by atoms with E-state index >= 15 is 0 Å². The summed E-state index contributed by atoms with van der Waals surface area (Å²) < 4.78 is 28.3. The smallest absolute Gasteiger partial charge is 0.257 e. The predicted molar refractivity (Wildman–Crippen MR) is 111 cm³/mol. The van der Waals surface area contributed by atoms with Gasteiger partial charge in [0.15, 0.2) is 5.13 Å². The Hall–Kier alpha value is -2.29. The number of para-hydroxylation sites is 1. The number of carbonyl (C=O) groups excluding carboxylic acids is 1. The topological polar surface area (TPSA) is 79.4 Å². The van der Waals surface area contributed by atoms with Crippen LogP contribution < -0.4 is 5.32 Å². The van der Waals surface area contributed by atoms with Gasteiger partial charge in [0.2, 0.25) is 10.0 Å². The van der Waals surface area contributed by atoms with Crippen molar-refractivity contribution in [3.8, 4) is 0 Å². The Morgan fingerprint density at radius 3 is 2.61 bits per heavy atom. The van der Waals surface area contributed by atoms with Crippen LogP contribution in [0, 0.1) is 0 Å². The van der Waals surface area contributed by atoms with Crippen LogP contribution in [-0.2, 0) is 10.0 Å². The summed E-state index contributed by atoms with van der Waals surface area (Å²) in [5.74, 6) is -0.311. The van der Waals surface area contributed by atoms with Gasteiger partial charge in [0, 0.05) is 18.2 Å². The zero-order valence-electron chi connectivity index (χ0n) is 15.5. The summed E-state index contributed by atoms with van der Waals surface area (Å²) in [5.41, 5.74) is 1.23. The van der Waals surface area contributed by atoms with Crippen molar-refractivity contribution in [2.24, 2.45) is 0 Å². The van der Waals surface area contributed by atoms with E-state index in [4.69, 9.17) is 0 Å². The maximum atomic E-state index is 12.9. The molecule has 0 radical (unpaired) electrons. The molecule has 28 heavy (non-hydrogen) atoms. The van der Waals surface area contributed by atoms with Crippen LogP contribution in [0.5, 0.6) is 0 Å². The van der Waals surface area contributed by atoms with E-state index in [0.717, 1.165) is 29.5 Å². The van der Waals surface area contributed by atoms with Gasteiger partial charge in [-0.2, -0.15) is 4.31 Å². The van der Waals surface area contributed by atoms with Crippen molar-refractivity contribution in [2.75, 3.05) is 11.9 Å². The molecule has 0 aliphatic carbocycles. The Kier molecular flexibility index (Phi) is 5.18. The number of hydrogen-bond acceptors (Lipinski definition) is 5. The molecule has 1 unspecified atom stereocenters. The molecule has 0 saturated carbocycles. The van der Waals surface area contributed by atoms with Crippen LogP contribution in [0.15, 0.2) is 53.4 Å². The monoisotopic (exact) mass is 415 g/mol. The second-order valence-corrected chi connectivity index (χ2v) is 9.85. The summed E-state index contributed by atoms with van der Waals surface area (Å²) in [4.78, 5) is 17.1. The number of rotatable bonds is 4. The molecule has 146 valence electrons. The summed E-state index contributed by atoms with van der Waals surface area (Å²) in [6, 6.07) is 13.8. The number of piperidine rings is 1. The predicted octanol–water partition coefficient (Wildman–Crippen LogP) is 4.11. The van der Waals surface area contributed by atoms with E-state index in [2.05, 4.69) is 10.3 Å². The van der Waals surface area contributed by atoms with Crippen LogP contribution in [0.2, 0.25) is 0 Å². The number of nitrogens with one attached hydrogen (secondary N) is 1. The van der Waals surface area contributed by atoms with Crippen LogP contribution >= 0.6 is 11.3 Å². The molecular weight excluding hydrogens is 394 g/mol. The normalized spacial score (nSPS) is 18.2. The molecular formula is C20H21N3O3S2. The first-order valence-electron chi connectivity index (χ1n) is 9.24. The standard InChI is InChI=1S/C20H21N3O3S2/c1-14-6-4-5-13-23(14)28(25,26)16-11-9-15(10-12-16)19(24)22-20-21-17-7-2-3-8-18(17)27-20/h2-3,7-12,14H,4-6,13H2,1H3,(H,21,22,24). The number of hydrogen-bond donors (Lipinski definition) is 1. The fourth-order valence-corrected chi connectivity index (χ4v) is 6.00. The Morgan fingerprint density at radius 1 is 1.14 bits per heavy atom. The molecule has 1 aliphatic rings. The Balaban J connectivity index is 1.51. The molecule has 0 spiro atoms. The van der Waals surface area contributed by atoms with E-state index in [1.165, 1.54) is 23.5 Å². The highest BCUT2D eigenvalue weighted by Gasteiger charge is 2.30. The number of sulfonamides is 1. The van der Waals surface area contributed by atoms with Gasteiger partial charge in [0.25, 0.3) is 5.91 Å². The molecule has 1 aliphatic heterocycles. The maximum Gasteiger partial charge on any atom is 0.257 e. The van der Waals surface area contributed by atoms with Gasteiger partial charge in [-0.25, -0.2) is 13.4 Å². The van der Waals surface area contributed by atoms with E-state index < -0.39 is 10.0 Å². The van der Waals surface area contributed by atoms with Gasteiger partial charge in [-0.05, 0) is 56.2 Å². The highest BCUT2D eigenvalue weighted by Crippen LogP contribution is 2.27. The molecule has 1 aromatic heterocycles. The molecule has 1 fully saturated rings. The van der Waals surface area contributed by atoms with E-state index in [9.17, 15) is 13.2 Å². The number of nitrogens with zero attached hydrogens (tertiary/aromatic N) is 2. The van der Waals surface area contributed by atoms with E-state index in [1.54, 1.807) is 16.4 Å². The van der Waals surface area contributed by atoms with Crippen LogP contribution in [0.4, 0.5) is 5.13 Å². The third kappa shape index (κ3) is 3.67. The molecule has 2 aromatic carbocycles. The van der Waals surface area contributed by atoms with E-state index in [-0.39, 0.29) is 16.8 Å². The molecule has 0 bridgehead atoms. The van der Waals surface area contributed by atoms with Gasteiger partial charge >= 0.3 is 0 Å². The van der Waals surface area contributed by atoms with Gasteiger partial charge < -0.3 is 0 Å². The van der Waals surface area contributed by atoms with E-state index in [1.807, 2.05) is 31.2 Å². The Bertz CT molecular complexity index is 1070. The largest absolute Gasteiger partial charge is 0.298 e. The second-order valence-electron chi connectivity index (χ2n) is 6.93. The highest BCUT2D eigenvalue weighted by atomic mass is 32.2. The summed E-state index contributed by atoms with van der Waals surface area (Å²) in [7, 11) is -3.54.